The molecule has 2 N–H and O–H groups in total. The molecule has 0 radical (unpaired) electrons. The molecule has 1 aromatic heterocycles. The number of rotatable bonds is 1. The fourth-order valence-corrected chi connectivity index (χ4v) is 1.26. The van der Waals surface area contributed by atoms with Crippen molar-refractivity contribution in [1.29, 1.82) is 0 Å². The molecule has 9 heavy (non-hydrogen) atoms. The normalized spacial score (nSPS) is 9.89. The molecule has 0 saturated carbocycles. The first-order valence-electron chi connectivity index (χ1n) is 2.40. The minimum atomic E-state index is 0.0674. The molecule has 50 valence electrons. The van der Waals surface area contributed by atoms with Gasteiger partial charge in [0.05, 0.1) is 0 Å². The van der Waals surface area contributed by atoms with Crippen LogP contribution in [0, 0.1) is 3.70 Å². The number of anilines is 1. The molecule has 0 amide bonds. The van der Waals surface area contributed by atoms with Crippen LogP contribution < -0.4 is 26.9 Å². The van der Waals surface area contributed by atoms with Crippen LogP contribution in [0.4, 0.5) is 5.82 Å². The molecule has 0 unspecified atom stereocenters. The van der Waals surface area contributed by atoms with Gasteiger partial charge in [0.25, 0.3) is 0 Å². The summed E-state index contributed by atoms with van der Waals surface area (Å²) in [6.45, 7) is 0. The van der Waals surface area contributed by atoms with Crippen molar-refractivity contribution in [2.45, 2.75) is 0 Å². The molecule has 0 bridgehead atoms. The summed E-state index contributed by atoms with van der Waals surface area (Å²) < 4.78 is 1.09. The maximum absolute atomic E-state index is 5.32. The Morgan fingerprint density at radius 3 is 2.67 bits per heavy atom. The summed E-state index contributed by atoms with van der Waals surface area (Å²) in [7, 11) is 0. The van der Waals surface area contributed by atoms with E-state index < -0.39 is 0 Å². The van der Waals surface area contributed by atoms with Gasteiger partial charge in [0, 0.05) is 0 Å². The second-order valence-corrected chi connectivity index (χ2v) is 3.64. The Balaban J connectivity index is 2.88. The van der Waals surface area contributed by atoms with Gasteiger partial charge in [-0.25, -0.2) is 0 Å². The van der Waals surface area contributed by atoms with Crippen LogP contribution in [0.15, 0.2) is 12.4 Å². The Morgan fingerprint density at radius 1 is 1.44 bits per heavy atom. The molecule has 4 heteroatoms. The zero-order chi connectivity index (χ0) is 6.69. The van der Waals surface area contributed by atoms with Gasteiger partial charge in [0.2, 0.25) is 0 Å². The number of hydrogen-bond donors (Lipinski definition) is 1. The van der Waals surface area contributed by atoms with Crippen molar-refractivity contribution in [1.82, 2.24) is 9.97 Å². The molecule has 1 aromatic rings. The van der Waals surface area contributed by atoms with E-state index in [1.54, 1.807) is 12.4 Å². The Morgan fingerprint density at radius 2 is 2.22 bits per heavy atom. The molecular formula is C5H7IN3-. The Kier molecular flexibility index (Phi) is 2.21. The summed E-state index contributed by atoms with van der Waals surface area (Å²) in [5, 5.41) is 0. The number of hydrogen-bond acceptors (Lipinski definition) is 3. The predicted octanol–water partition coefficient (Wildman–Crippen LogP) is -3.05. The second kappa shape index (κ2) is 2.95. The third kappa shape index (κ3) is 1.78. The Labute approximate surface area is 64.0 Å². The van der Waals surface area contributed by atoms with E-state index in [9.17, 15) is 0 Å². The standard InChI is InChI=1S/C5H7IN3/c1-6-4-2-9-5(7)3-8-4/h2-3H,1H3,(H2,7,9)/q-1. The summed E-state index contributed by atoms with van der Waals surface area (Å²) in [5.74, 6) is 0.496. The molecule has 0 aliphatic carbocycles. The molecule has 0 fully saturated rings. The maximum atomic E-state index is 5.32. The molecule has 0 spiro atoms. The van der Waals surface area contributed by atoms with E-state index in [-0.39, 0.29) is 21.2 Å². The van der Waals surface area contributed by atoms with E-state index in [2.05, 4.69) is 14.9 Å². The molecule has 0 aliphatic heterocycles. The van der Waals surface area contributed by atoms with E-state index in [0.717, 1.165) is 3.70 Å². The van der Waals surface area contributed by atoms with Gasteiger partial charge >= 0.3 is 63.7 Å². The van der Waals surface area contributed by atoms with Gasteiger partial charge in [-0.1, -0.05) is 0 Å². The minimum absolute atomic E-state index is 0.0674. The van der Waals surface area contributed by atoms with E-state index in [0.29, 0.717) is 5.82 Å². The molecule has 0 aromatic carbocycles. The number of aromatic nitrogens is 2. The Bertz CT molecular complexity index is 184. The van der Waals surface area contributed by atoms with Crippen LogP contribution >= 0.6 is 0 Å². The molecule has 0 atom stereocenters. The molecule has 0 aliphatic rings. The summed E-state index contributed by atoms with van der Waals surface area (Å²) >= 11 is 0.0674. The van der Waals surface area contributed by atoms with Crippen molar-refractivity contribution in [2.24, 2.45) is 0 Å². The number of nitrogens with two attached hydrogens (primary N) is 1. The summed E-state index contributed by atoms with van der Waals surface area (Å²) in [6.07, 6.45) is 3.33. The average molecular weight is 236 g/mol. The van der Waals surface area contributed by atoms with E-state index >= 15 is 0 Å². The van der Waals surface area contributed by atoms with Crippen molar-refractivity contribution in [2.75, 3.05) is 10.7 Å². The van der Waals surface area contributed by atoms with Crippen molar-refractivity contribution in [3.63, 3.8) is 0 Å². The molecular weight excluding hydrogens is 229 g/mol. The van der Waals surface area contributed by atoms with Crippen molar-refractivity contribution >= 4 is 5.82 Å². The summed E-state index contributed by atoms with van der Waals surface area (Å²) in [5.41, 5.74) is 5.32. The van der Waals surface area contributed by atoms with Gasteiger partial charge in [-0.2, -0.15) is 0 Å². The van der Waals surface area contributed by atoms with Gasteiger partial charge in [-0.15, -0.1) is 0 Å². The van der Waals surface area contributed by atoms with Gasteiger partial charge in [0.1, 0.15) is 0 Å². The van der Waals surface area contributed by atoms with Crippen LogP contribution in [0.3, 0.4) is 0 Å². The van der Waals surface area contributed by atoms with Gasteiger partial charge < -0.3 is 0 Å². The van der Waals surface area contributed by atoms with E-state index in [4.69, 9.17) is 5.73 Å². The number of nitrogen functional groups attached to an aromatic ring is 1. The van der Waals surface area contributed by atoms with Gasteiger partial charge in [0.15, 0.2) is 0 Å². The average Bonchev–Trinajstić information content (AvgIpc) is 1.90. The van der Waals surface area contributed by atoms with Crippen LogP contribution in [0.5, 0.6) is 0 Å². The molecule has 3 nitrogen and oxygen atoms in total. The third-order valence-corrected chi connectivity index (χ3v) is 2.50. The van der Waals surface area contributed by atoms with Crippen molar-refractivity contribution in [3.8, 4) is 0 Å². The second-order valence-electron chi connectivity index (χ2n) is 1.45. The molecule has 0 saturated heterocycles. The topological polar surface area (TPSA) is 51.8 Å². The number of nitrogens with zero attached hydrogens (tertiary/aromatic N) is 2. The van der Waals surface area contributed by atoms with Crippen molar-refractivity contribution in [3.05, 3.63) is 16.1 Å². The monoisotopic (exact) mass is 236 g/mol. The zero-order valence-electron chi connectivity index (χ0n) is 5.00. The van der Waals surface area contributed by atoms with Gasteiger partial charge in [-0.05, 0) is 0 Å². The Hall–Kier alpha value is -0.390. The number of alkyl halides is 1. The number of halogens is 1. The zero-order valence-corrected chi connectivity index (χ0v) is 7.16. The molecule has 1 rings (SSSR count). The fourth-order valence-electron chi connectivity index (χ4n) is 0.420. The summed E-state index contributed by atoms with van der Waals surface area (Å²) in [6, 6.07) is 0. The quantitative estimate of drug-likeness (QED) is 0.416. The SMILES string of the molecule is C[I-]c1cnc(N)cn1. The third-order valence-electron chi connectivity index (χ3n) is 0.834. The van der Waals surface area contributed by atoms with E-state index in [1.165, 1.54) is 0 Å². The fraction of sp³-hybridized carbons (Fsp3) is 0.200. The van der Waals surface area contributed by atoms with Crippen LogP contribution in [0.2, 0.25) is 0 Å². The van der Waals surface area contributed by atoms with Gasteiger partial charge in [-0.3, -0.25) is 0 Å². The predicted molar refractivity (Wildman–Crippen MR) is 31.1 cm³/mol. The first-order chi connectivity index (χ1) is 4.33. The van der Waals surface area contributed by atoms with E-state index in [1.807, 2.05) is 0 Å². The first kappa shape index (κ1) is 6.73. The van der Waals surface area contributed by atoms with Crippen LogP contribution in [-0.4, -0.2) is 14.9 Å². The van der Waals surface area contributed by atoms with Crippen LogP contribution in [-0.2, 0) is 0 Å². The molecule has 1 heterocycles. The summed E-state index contributed by atoms with van der Waals surface area (Å²) in [4.78, 5) is 10.1. The van der Waals surface area contributed by atoms with Crippen LogP contribution in [0.1, 0.15) is 0 Å². The first-order valence-corrected chi connectivity index (χ1v) is 5.63. The van der Waals surface area contributed by atoms with Crippen molar-refractivity contribution < 1.29 is 21.2 Å². The van der Waals surface area contributed by atoms with Crippen LogP contribution in [0.25, 0.3) is 0 Å².